The van der Waals surface area contributed by atoms with Crippen LogP contribution in [0.1, 0.15) is 65.9 Å². The molecule has 0 saturated carbocycles. The number of carboxylic acid groups (broad SMARTS) is 1. The molecule has 4 atom stereocenters. The average Bonchev–Trinajstić information content (AvgIpc) is 3.26. The molecule has 11 nitrogen and oxygen atoms in total. The zero-order valence-corrected chi connectivity index (χ0v) is 25.2. The summed E-state index contributed by atoms with van der Waals surface area (Å²) in [5, 5.41) is 17.2. The number of likely N-dealkylation sites (tertiary alicyclic amines) is 1. The van der Waals surface area contributed by atoms with Crippen molar-refractivity contribution in [2.75, 3.05) is 32.7 Å². The van der Waals surface area contributed by atoms with Crippen LogP contribution in [0, 0.1) is 5.92 Å². The van der Waals surface area contributed by atoms with Crippen molar-refractivity contribution in [1.29, 1.82) is 0 Å². The van der Waals surface area contributed by atoms with E-state index in [1.54, 1.807) is 0 Å². The first-order chi connectivity index (χ1) is 19.5. The van der Waals surface area contributed by atoms with Gasteiger partial charge in [0.25, 0.3) is 0 Å². The molecule has 3 unspecified atom stereocenters. The summed E-state index contributed by atoms with van der Waals surface area (Å²) in [5.41, 5.74) is 1.41. The van der Waals surface area contributed by atoms with Gasteiger partial charge in [-0.25, -0.2) is 0 Å². The molecule has 1 aliphatic heterocycles. The molecule has 1 fully saturated rings. The number of rotatable bonds is 16. The highest BCUT2D eigenvalue weighted by atomic mass is 16.4. The van der Waals surface area contributed by atoms with Crippen molar-refractivity contribution in [2.45, 2.75) is 84.8 Å². The van der Waals surface area contributed by atoms with Gasteiger partial charge in [0.2, 0.25) is 24.1 Å². The molecule has 0 aliphatic carbocycles. The molecule has 11 heteroatoms. The van der Waals surface area contributed by atoms with E-state index in [1.807, 2.05) is 38.7 Å². The van der Waals surface area contributed by atoms with E-state index in [4.69, 9.17) is 5.11 Å². The summed E-state index contributed by atoms with van der Waals surface area (Å²) in [6.07, 6.45) is 2.82. The summed E-state index contributed by atoms with van der Waals surface area (Å²) in [6, 6.07) is 10.3. The van der Waals surface area contributed by atoms with Crippen molar-refractivity contribution >= 4 is 30.1 Å². The summed E-state index contributed by atoms with van der Waals surface area (Å²) in [5.74, 6) is -1.59. The van der Waals surface area contributed by atoms with Crippen LogP contribution in [0.3, 0.4) is 0 Å². The van der Waals surface area contributed by atoms with E-state index < -0.39 is 5.97 Å². The van der Waals surface area contributed by atoms with Crippen LogP contribution in [0.15, 0.2) is 30.3 Å². The van der Waals surface area contributed by atoms with Gasteiger partial charge < -0.3 is 26.0 Å². The summed E-state index contributed by atoms with van der Waals surface area (Å²) in [6.45, 7) is 11.4. The Morgan fingerprint density at radius 2 is 1.76 bits per heavy atom. The molecule has 1 saturated heterocycles. The minimum absolute atomic E-state index is 0.0412. The van der Waals surface area contributed by atoms with Gasteiger partial charge in [-0.3, -0.25) is 28.9 Å². The normalized spacial score (nSPS) is 17.8. The minimum atomic E-state index is -0.939. The van der Waals surface area contributed by atoms with E-state index in [0.717, 1.165) is 12.8 Å². The summed E-state index contributed by atoms with van der Waals surface area (Å²) in [4.78, 5) is 61.7. The van der Waals surface area contributed by atoms with Crippen molar-refractivity contribution < 1.29 is 29.1 Å². The molecule has 41 heavy (non-hydrogen) atoms. The van der Waals surface area contributed by atoms with Gasteiger partial charge in [-0.15, -0.1) is 0 Å². The maximum atomic E-state index is 12.5. The molecule has 1 aromatic carbocycles. The lowest BCUT2D eigenvalue weighted by atomic mass is 10.0. The Bertz CT molecular complexity index is 960. The molecule has 1 aliphatic rings. The van der Waals surface area contributed by atoms with Gasteiger partial charge >= 0.3 is 5.97 Å². The predicted octanol–water partition coefficient (Wildman–Crippen LogP) is 1.80. The molecule has 1 aromatic rings. The number of amides is 4. The summed E-state index contributed by atoms with van der Waals surface area (Å²) >= 11 is 0. The van der Waals surface area contributed by atoms with Gasteiger partial charge in [0, 0.05) is 50.6 Å². The molecule has 2 rings (SSSR count). The van der Waals surface area contributed by atoms with Crippen LogP contribution in [-0.4, -0.2) is 95.9 Å². The van der Waals surface area contributed by atoms with Crippen molar-refractivity contribution in [1.82, 2.24) is 25.8 Å². The third kappa shape index (κ3) is 15.2. The molecule has 0 radical (unpaired) electrons. The highest BCUT2D eigenvalue weighted by molar-refractivity contribution is 5.80. The van der Waals surface area contributed by atoms with E-state index in [1.165, 1.54) is 10.5 Å². The number of nitrogens with one attached hydrogen (secondary N) is 3. The van der Waals surface area contributed by atoms with E-state index in [2.05, 4.69) is 47.1 Å². The van der Waals surface area contributed by atoms with Gasteiger partial charge in [0.1, 0.15) is 0 Å². The standard InChI is InChI=1S/C22H39N5O6.C8H10/c1-5-23-20(30)13-27-11-18(9-16(27)3)25-21(31)12-26(14-28)10-15(2)17(4)24-19(29)7-6-8-22(32)33;1-2-8-6-4-3-5-7-8/h14-18H,5-13H2,1-4H3,(H,23,30)(H,24,29)(H,25,31)(H,32,33);3-7H,2H2,1H3/t15?,16?,17?,18-;/m0./s1. The molecule has 4 N–H and O–H groups in total. The van der Waals surface area contributed by atoms with Crippen LogP contribution < -0.4 is 16.0 Å². The summed E-state index contributed by atoms with van der Waals surface area (Å²) < 4.78 is 0. The van der Waals surface area contributed by atoms with Gasteiger partial charge in [-0.1, -0.05) is 44.2 Å². The molecule has 230 valence electrons. The Labute approximate surface area is 244 Å². The molecule has 1 heterocycles. The number of carbonyl (C=O) groups excluding carboxylic acids is 4. The number of hydrogen-bond acceptors (Lipinski definition) is 6. The lowest BCUT2D eigenvalue weighted by Crippen LogP contribution is -2.46. The van der Waals surface area contributed by atoms with Crippen LogP contribution in [0.5, 0.6) is 0 Å². The second kappa shape index (κ2) is 19.6. The largest absolute Gasteiger partial charge is 0.481 e. The number of aryl methyl sites for hydroxylation is 1. The summed E-state index contributed by atoms with van der Waals surface area (Å²) in [7, 11) is 0. The van der Waals surface area contributed by atoms with Crippen LogP contribution in [-0.2, 0) is 30.4 Å². The Hall–Kier alpha value is -3.47. The third-order valence-corrected chi connectivity index (χ3v) is 7.10. The third-order valence-electron chi connectivity index (χ3n) is 7.10. The number of carbonyl (C=O) groups is 5. The second-order valence-corrected chi connectivity index (χ2v) is 10.7. The molecule has 0 spiro atoms. The highest BCUT2D eigenvalue weighted by Gasteiger charge is 2.31. The fraction of sp³-hybridized carbons (Fsp3) is 0.633. The van der Waals surface area contributed by atoms with Gasteiger partial charge in [0.15, 0.2) is 0 Å². The zero-order valence-electron chi connectivity index (χ0n) is 25.2. The van der Waals surface area contributed by atoms with Crippen LogP contribution >= 0.6 is 0 Å². The number of carboxylic acids is 1. The maximum Gasteiger partial charge on any atom is 0.303 e. The first-order valence-corrected chi connectivity index (χ1v) is 14.5. The Morgan fingerprint density at radius 1 is 1.07 bits per heavy atom. The van der Waals surface area contributed by atoms with Crippen LogP contribution in [0.25, 0.3) is 0 Å². The molecular weight excluding hydrogens is 526 g/mol. The Kier molecular flexibility index (Phi) is 17.0. The number of hydrogen-bond donors (Lipinski definition) is 4. The monoisotopic (exact) mass is 575 g/mol. The smallest absolute Gasteiger partial charge is 0.303 e. The topological polar surface area (TPSA) is 148 Å². The van der Waals surface area contributed by atoms with Crippen LogP contribution in [0.4, 0.5) is 0 Å². The van der Waals surface area contributed by atoms with E-state index in [-0.39, 0.29) is 74.1 Å². The Morgan fingerprint density at radius 3 is 2.32 bits per heavy atom. The fourth-order valence-electron chi connectivity index (χ4n) is 4.57. The van der Waals surface area contributed by atoms with Crippen molar-refractivity contribution in [2.24, 2.45) is 5.92 Å². The van der Waals surface area contributed by atoms with Crippen molar-refractivity contribution in [3.8, 4) is 0 Å². The highest BCUT2D eigenvalue weighted by Crippen LogP contribution is 2.17. The number of likely N-dealkylation sites (N-methyl/N-ethyl adjacent to an activating group) is 1. The van der Waals surface area contributed by atoms with Gasteiger partial charge in [0.05, 0.1) is 13.1 Å². The number of aliphatic carboxylic acids is 1. The second-order valence-electron chi connectivity index (χ2n) is 10.7. The quantitative estimate of drug-likeness (QED) is 0.220. The number of nitrogens with zero attached hydrogens (tertiary/aromatic N) is 2. The van der Waals surface area contributed by atoms with Crippen LogP contribution in [0.2, 0.25) is 0 Å². The maximum absolute atomic E-state index is 12.5. The lowest BCUT2D eigenvalue weighted by molar-refractivity contribution is -0.137. The number of benzene rings is 1. The average molecular weight is 576 g/mol. The molecule has 0 aromatic heterocycles. The fourth-order valence-corrected chi connectivity index (χ4v) is 4.57. The SMILES string of the molecule is CCNC(=O)CN1C[C@@H](NC(=O)CN(C=O)CC(C)C(C)NC(=O)CCCC(=O)O)CC1C.CCc1ccccc1. The van der Waals surface area contributed by atoms with Gasteiger partial charge in [-0.2, -0.15) is 0 Å². The first-order valence-electron chi connectivity index (χ1n) is 14.5. The zero-order chi connectivity index (χ0) is 30.8. The molecular formula is C30H49N5O6. The van der Waals surface area contributed by atoms with E-state index in [9.17, 15) is 24.0 Å². The van der Waals surface area contributed by atoms with E-state index >= 15 is 0 Å². The van der Waals surface area contributed by atoms with Gasteiger partial charge in [-0.05, 0) is 51.5 Å². The lowest BCUT2D eigenvalue weighted by Gasteiger charge is -2.27. The van der Waals surface area contributed by atoms with Crippen molar-refractivity contribution in [3.63, 3.8) is 0 Å². The molecule has 4 amide bonds. The first kappa shape index (κ1) is 35.6. The van der Waals surface area contributed by atoms with Crippen molar-refractivity contribution in [3.05, 3.63) is 35.9 Å². The predicted molar refractivity (Wildman–Crippen MR) is 158 cm³/mol. The molecule has 0 bridgehead atoms. The van der Waals surface area contributed by atoms with E-state index in [0.29, 0.717) is 26.0 Å². The minimum Gasteiger partial charge on any atom is -0.481 e. The Balaban J connectivity index is 0.000000895.